The van der Waals surface area contributed by atoms with Gasteiger partial charge in [-0.2, -0.15) is 22.8 Å². The summed E-state index contributed by atoms with van der Waals surface area (Å²) in [6.45, 7) is 23.1. The first-order valence-electron chi connectivity index (χ1n) is 16.8. The van der Waals surface area contributed by atoms with Crippen LogP contribution in [0.4, 0.5) is 9.59 Å². The van der Waals surface area contributed by atoms with Gasteiger partial charge in [-0.3, -0.25) is 9.36 Å². The van der Waals surface area contributed by atoms with Crippen molar-refractivity contribution in [1.82, 2.24) is 29.4 Å². The number of likely N-dealkylation sites (tertiary alicyclic amines) is 2. The van der Waals surface area contributed by atoms with Gasteiger partial charge in [0.05, 0.1) is 16.9 Å². The summed E-state index contributed by atoms with van der Waals surface area (Å²) in [5.41, 5.74) is -0.808. The van der Waals surface area contributed by atoms with Crippen LogP contribution in [-0.4, -0.2) is 90.4 Å². The lowest BCUT2D eigenvalue weighted by Crippen LogP contribution is -2.42. The SMILES string of the molecule is C.CC(C)(C)OC(=O)N1CCC(CS)CC1.CC(C)n1cc(Br)cn1.CC(C)n1cc(SCC2CCN(C(=O)OC(C)(C)C)CC2)cn1. The highest BCUT2D eigenvalue weighted by Gasteiger charge is 2.28. The first-order chi connectivity index (χ1) is 21.9. The van der Waals surface area contributed by atoms with Gasteiger partial charge in [0.25, 0.3) is 0 Å². The van der Waals surface area contributed by atoms with Gasteiger partial charge in [0.2, 0.25) is 0 Å². The predicted octanol–water partition coefficient (Wildman–Crippen LogP) is 9.63. The second-order valence-electron chi connectivity index (χ2n) is 14.8. The Morgan fingerprint density at radius 2 is 1.23 bits per heavy atom. The van der Waals surface area contributed by atoms with E-state index in [9.17, 15) is 9.59 Å². The largest absolute Gasteiger partial charge is 0.444 e. The number of hydrogen-bond donors (Lipinski definition) is 1. The maximum absolute atomic E-state index is 12.1. The third-order valence-corrected chi connectivity index (χ3v) is 9.59. The zero-order valence-corrected chi connectivity index (χ0v) is 33.5. The predicted molar refractivity (Wildman–Crippen MR) is 205 cm³/mol. The molecule has 0 aromatic carbocycles. The first kappa shape index (κ1) is 44.2. The van der Waals surface area contributed by atoms with E-state index in [2.05, 4.69) is 72.6 Å². The van der Waals surface area contributed by atoms with Crippen molar-refractivity contribution in [3.05, 3.63) is 29.3 Å². The molecule has 2 aromatic rings. The van der Waals surface area contributed by atoms with E-state index in [0.717, 1.165) is 67.8 Å². The van der Waals surface area contributed by atoms with E-state index in [-0.39, 0.29) is 19.6 Å². The van der Waals surface area contributed by atoms with Gasteiger partial charge < -0.3 is 19.3 Å². The second-order valence-corrected chi connectivity index (χ2v) is 17.2. The molecule has 13 heteroatoms. The molecule has 2 fully saturated rings. The monoisotopic (exact) mass is 774 g/mol. The molecule has 0 aliphatic carbocycles. The summed E-state index contributed by atoms with van der Waals surface area (Å²) in [4.78, 5) is 28.6. The number of halogens is 1. The molecule has 0 saturated carbocycles. The smallest absolute Gasteiger partial charge is 0.410 e. The first-order valence-corrected chi connectivity index (χ1v) is 19.2. The molecule has 4 heterocycles. The van der Waals surface area contributed by atoms with E-state index in [4.69, 9.17) is 9.47 Å². The molecular weight excluding hydrogens is 712 g/mol. The summed E-state index contributed by atoms with van der Waals surface area (Å²) in [6, 6.07) is 0.859. The second kappa shape index (κ2) is 20.7. The van der Waals surface area contributed by atoms with Gasteiger partial charge in [0.15, 0.2) is 0 Å². The molecule has 0 N–H and O–H groups in total. The molecule has 10 nitrogen and oxygen atoms in total. The number of thiol groups is 1. The van der Waals surface area contributed by atoms with Crippen molar-refractivity contribution in [2.45, 2.75) is 131 Å². The van der Waals surface area contributed by atoms with Crippen LogP contribution in [0.1, 0.15) is 114 Å². The van der Waals surface area contributed by atoms with Gasteiger partial charge in [-0.1, -0.05) is 7.43 Å². The van der Waals surface area contributed by atoms with Crippen LogP contribution in [0.15, 0.2) is 34.2 Å². The number of thioether (sulfide) groups is 1. The number of rotatable bonds is 6. The van der Waals surface area contributed by atoms with Crippen molar-refractivity contribution in [2.75, 3.05) is 37.7 Å². The number of carbonyl (C=O) groups excluding carboxylic acids is 2. The van der Waals surface area contributed by atoms with E-state index in [1.165, 1.54) is 4.90 Å². The van der Waals surface area contributed by atoms with Crippen LogP contribution in [0.5, 0.6) is 0 Å². The van der Waals surface area contributed by atoms with Crippen molar-refractivity contribution in [3.63, 3.8) is 0 Å². The third-order valence-electron chi connectivity index (χ3n) is 7.48. The highest BCUT2D eigenvalue weighted by atomic mass is 79.9. The van der Waals surface area contributed by atoms with E-state index in [1.54, 1.807) is 11.1 Å². The summed E-state index contributed by atoms with van der Waals surface area (Å²) in [6.07, 6.45) is 11.6. The molecule has 0 radical (unpaired) electrons. The Hall–Kier alpha value is -1.86. The van der Waals surface area contributed by atoms with Crippen LogP contribution >= 0.6 is 40.3 Å². The van der Waals surface area contributed by atoms with Crippen molar-refractivity contribution in [3.8, 4) is 0 Å². The van der Waals surface area contributed by atoms with Gasteiger partial charge >= 0.3 is 12.2 Å². The van der Waals surface area contributed by atoms with E-state index < -0.39 is 11.2 Å². The van der Waals surface area contributed by atoms with Crippen molar-refractivity contribution < 1.29 is 19.1 Å². The van der Waals surface area contributed by atoms with E-state index in [0.29, 0.717) is 23.9 Å². The lowest BCUT2D eigenvalue weighted by atomic mass is 9.99. The molecule has 276 valence electrons. The lowest BCUT2D eigenvalue weighted by Gasteiger charge is -2.33. The average molecular weight is 776 g/mol. The Morgan fingerprint density at radius 1 is 0.812 bits per heavy atom. The zero-order chi connectivity index (χ0) is 35.4. The van der Waals surface area contributed by atoms with Gasteiger partial charge in [0.1, 0.15) is 11.2 Å². The van der Waals surface area contributed by atoms with Crippen LogP contribution in [0.2, 0.25) is 0 Å². The molecule has 0 unspecified atom stereocenters. The number of ether oxygens (including phenoxy) is 2. The van der Waals surface area contributed by atoms with Crippen molar-refractivity contribution in [2.24, 2.45) is 11.8 Å². The molecule has 0 atom stereocenters. The molecule has 2 aliphatic rings. The van der Waals surface area contributed by atoms with E-state index >= 15 is 0 Å². The Balaban J connectivity index is 0.000000395. The minimum absolute atomic E-state index is 0. The van der Waals surface area contributed by atoms with Crippen LogP contribution in [0, 0.1) is 11.8 Å². The van der Waals surface area contributed by atoms with Crippen LogP contribution in [-0.2, 0) is 9.47 Å². The Bertz CT molecular complexity index is 1210. The highest BCUT2D eigenvalue weighted by molar-refractivity contribution is 9.10. The fourth-order valence-corrected chi connectivity index (χ4v) is 6.45. The Morgan fingerprint density at radius 3 is 1.56 bits per heavy atom. The summed E-state index contributed by atoms with van der Waals surface area (Å²) >= 11 is 9.46. The minimum Gasteiger partial charge on any atom is -0.444 e. The van der Waals surface area contributed by atoms with Gasteiger partial charge in [0, 0.05) is 61.3 Å². The summed E-state index contributed by atoms with van der Waals surface area (Å²) in [5, 5.41) is 8.46. The van der Waals surface area contributed by atoms with Gasteiger partial charge in [-0.25, -0.2) is 9.59 Å². The van der Waals surface area contributed by atoms with Crippen LogP contribution < -0.4 is 0 Å². The van der Waals surface area contributed by atoms with Crippen molar-refractivity contribution >= 4 is 52.5 Å². The molecule has 4 rings (SSSR count). The lowest BCUT2D eigenvalue weighted by molar-refractivity contribution is 0.0181. The number of hydrogen-bond acceptors (Lipinski definition) is 8. The third kappa shape index (κ3) is 17.2. The molecule has 2 aliphatic heterocycles. The standard InChI is InChI=1S/C17H29N3O2S.C11H21NO2S.C6H9BrN2.CH4/c1-13(2)20-11-15(10-18-20)23-12-14-6-8-19(9-7-14)16(21)22-17(3,4)5;1-11(2,3)14-10(13)12-6-4-9(8-15)5-7-12;1-5(2)9-4-6(7)3-8-9;/h10-11,13-14H,6-9,12H2,1-5H3;9,15H,4-8H2,1-3H3;3-5H,1-2H3;1H4. The van der Waals surface area contributed by atoms with Gasteiger partial charge in [-0.05, 0) is 128 Å². The fourth-order valence-electron chi connectivity index (χ4n) is 4.72. The molecule has 0 spiro atoms. The van der Waals surface area contributed by atoms with Crippen LogP contribution in [0.3, 0.4) is 0 Å². The summed E-state index contributed by atoms with van der Waals surface area (Å²) in [5.74, 6) is 3.32. The maximum atomic E-state index is 12.1. The molecule has 48 heavy (non-hydrogen) atoms. The number of carbonyl (C=O) groups is 2. The molecule has 0 bridgehead atoms. The van der Waals surface area contributed by atoms with Crippen LogP contribution in [0.25, 0.3) is 0 Å². The zero-order valence-electron chi connectivity index (χ0n) is 30.2. The normalized spacial score (nSPS) is 16.0. The highest BCUT2D eigenvalue weighted by Crippen LogP contribution is 2.27. The molecule has 2 amide bonds. The quantitative estimate of drug-likeness (QED) is 0.231. The molecule has 2 saturated heterocycles. The number of aromatic nitrogens is 4. The van der Waals surface area contributed by atoms with Crippen molar-refractivity contribution in [1.29, 1.82) is 0 Å². The fraction of sp³-hybridized carbons (Fsp3) is 0.771. The number of amides is 2. The summed E-state index contributed by atoms with van der Waals surface area (Å²) in [7, 11) is 0. The summed E-state index contributed by atoms with van der Waals surface area (Å²) < 4.78 is 15.7. The van der Waals surface area contributed by atoms with Gasteiger partial charge in [-0.15, -0.1) is 11.8 Å². The minimum atomic E-state index is -0.416. The number of nitrogens with zero attached hydrogens (tertiary/aromatic N) is 6. The van der Waals surface area contributed by atoms with E-state index in [1.807, 2.05) is 80.0 Å². The number of piperidine rings is 2. The maximum Gasteiger partial charge on any atom is 0.410 e. The Kier molecular flexibility index (Phi) is 19.1. The molecular formula is C35H63BrN6O4S2. The molecule has 2 aromatic heterocycles. The Labute approximate surface area is 309 Å². The average Bonchev–Trinajstić information content (AvgIpc) is 3.65. The topological polar surface area (TPSA) is 94.7 Å².